The molecule has 3 unspecified atom stereocenters. The highest BCUT2D eigenvalue weighted by Crippen LogP contribution is 2.40. The molecule has 1 aliphatic heterocycles. The normalized spacial score (nSPS) is 15.1. The summed E-state index contributed by atoms with van der Waals surface area (Å²) in [5.74, 6) is 0.449. The van der Waals surface area contributed by atoms with Gasteiger partial charge in [-0.25, -0.2) is 0 Å². The van der Waals surface area contributed by atoms with Crippen LogP contribution in [-0.4, -0.2) is 49.2 Å². The minimum Gasteiger partial charge on any atom is -0.352 e. The number of halogens is 4. The zero-order chi connectivity index (χ0) is 44.0. The molecule has 0 bridgehead atoms. The first kappa shape index (κ1) is 46.8. The molecule has 63 heavy (non-hydrogen) atoms. The Balaban J connectivity index is 1.21. The zero-order valence-corrected chi connectivity index (χ0v) is 39.0. The van der Waals surface area contributed by atoms with Crippen LogP contribution in [0.25, 0.3) is 0 Å². The van der Waals surface area contributed by atoms with E-state index >= 15 is 0 Å². The first-order valence-corrected chi connectivity index (χ1v) is 23.9. The number of carbonyl (C=O) groups excluding carboxylic acids is 1. The molecule has 328 valence electrons. The number of benzene rings is 6. The number of hydrogen-bond acceptors (Lipinski definition) is 4. The number of likely N-dealkylation sites (tertiary alicyclic amines) is 1. The summed E-state index contributed by atoms with van der Waals surface area (Å²) in [5.41, 5.74) is 5.64. The SMILES string of the molecule is CCC(CC(c1ccc(Cl)c(Cl)c1)C(NCCCCNC(=O)c1ccc(Cl)cc1Cl)NC(c1ccccc1)(c1ccccc1)c1ccccc1)N1CCC(Cc2ccccc2)CC1. The van der Waals surface area contributed by atoms with E-state index in [1.54, 1.807) is 18.2 Å². The van der Waals surface area contributed by atoms with Crippen molar-refractivity contribution in [1.82, 2.24) is 20.9 Å². The third kappa shape index (κ3) is 12.1. The average Bonchev–Trinajstić information content (AvgIpc) is 3.31. The molecule has 1 saturated heterocycles. The van der Waals surface area contributed by atoms with Crippen LogP contribution >= 0.6 is 46.4 Å². The highest BCUT2D eigenvalue weighted by molar-refractivity contribution is 6.42. The molecule has 0 radical (unpaired) electrons. The lowest BCUT2D eigenvalue weighted by Gasteiger charge is -2.45. The van der Waals surface area contributed by atoms with Crippen molar-refractivity contribution in [2.45, 2.75) is 75.5 Å². The summed E-state index contributed by atoms with van der Waals surface area (Å²) in [5, 5.41) is 13.4. The summed E-state index contributed by atoms with van der Waals surface area (Å²) < 4.78 is 0. The van der Waals surface area contributed by atoms with Crippen LogP contribution in [0.2, 0.25) is 20.1 Å². The second-order valence-electron chi connectivity index (χ2n) is 16.8. The van der Waals surface area contributed by atoms with E-state index in [9.17, 15) is 4.79 Å². The van der Waals surface area contributed by atoms with E-state index in [-0.39, 0.29) is 18.0 Å². The molecular weight excluding hydrogens is 862 g/mol. The molecule has 3 atom stereocenters. The van der Waals surface area contributed by atoms with Crippen LogP contribution < -0.4 is 16.0 Å². The summed E-state index contributed by atoms with van der Waals surface area (Å²) >= 11 is 26.0. The van der Waals surface area contributed by atoms with Crippen molar-refractivity contribution in [3.63, 3.8) is 0 Å². The number of carbonyl (C=O) groups is 1. The van der Waals surface area contributed by atoms with Gasteiger partial charge in [-0.15, -0.1) is 0 Å². The first-order chi connectivity index (χ1) is 30.7. The molecule has 3 N–H and O–H groups in total. The molecule has 1 aliphatic rings. The summed E-state index contributed by atoms with van der Waals surface area (Å²) in [6.07, 6.45) is 6.77. The largest absolute Gasteiger partial charge is 0.352 e. The number of unbranched alkanes of at least 4 members (excludes halogenated alkanes) is 1. The van der Waals surface area contributed by atoms with Gasteiger partial charge < -0.3 is 15.5 Å². The van der Waals surface area contributed by atoms with Gasteiger partial charge in [0, 0.05) is 23.5 Å². The van der Waals surface area contributed by atoms with Gasteiger partial charge in [-0.3, -0.25) is 10.1 Å². The maximum atomic E-state index is 13.0. The Labute approximate surface area is 394 Å². The van der Waals surface area contributed by atoms with Crippen molar-refractivity contribution in [3.05, 3.63) is 211 Å². The van der Waals surface area contributed by atoms with Gasteiger partial charge in [0.15, 0.2) is 0 Å². The maximum absolute atomic E-state index is 13.0. The Morgan fingerprint density at radius 1 is 0.667 bits per heavy atom. The quantitative estimate of drug-likeness (QED) is 0.0406. The molecule has 7 rings (SSSR count). The summed E-state index contributed by atoms with van der Waals surface area (Å²) in [6, 6.07) is 54.7. The predicted octanol–water partition coefficient (Wildman–Crippen LogP) is 13.2. The zero-order valence-electron chi connectivity index (χ0n) is 36.0. The lowest BCUT2D eigenvalue weighted by Crippen LogP contribution is -2.58. The van der Waals surface area contributed by atoms with Crippen LogP contribution in [-0.2, 0) is 12.0 Å². The molecule has 0 saturated carbocycles. The fourth-order valence-corrected chi connectivity index (χ4v) is 10.2. The van der Waals surface area contributed by atoms with Gasteiger partial charge in [0.05, 0.1) is 32.3 Å². The van der Waals surface area contributed by atoms with Gasteiger partial charge in [0.1, 0.15) is 0 Å². The van der Waals surface area contributed by atoms with E-state index < -0.39 is 5.54 Å². The molecule has 5 nitrogen and oxygen atoms in total. The molecule has 0 aliphatic carbocycles. The Morgan fingerprint density at radius 2 is 1.24 bits per heavy atom. The molecule has 0 spiro atoms. The standard InChI is InChI=1S/C54H58Cl4N4O/c1-2-46(62-33-29-40(30-34-62)35-39-17-7-3-8-18-39)38-48(41-25-28-49(56)51(58)36-41)52(59-31-15-16-32-60-53(63)47-27-26-45(55)37-50(47)57)61-54(42-19-9-4-10-20-42,43-21-11-5-12-22-43)44-23-13-6-14-24-44/h3-14,17-28,36-37,40,46,48,52,59,61H,2,15-16,29-35,38H2,1H3,(H,60,63). The van der Waals surface area contributed by atoms with Crippen molar-refractivity contribution in [1.29, 1.82) is 0 Å². The fraction of sp³-hybridized carbons (Fsp3) is 0.315. The fourth-order valence-electron chi connectivity index (χ4n) is 9.36. The second-order valence-corrected chi connectivity index (χ2v) is 18.4. The number of hydrogen-bond donors (Lipinski definition) is 3. The Morgan fingerprint density at radius 3 is 1.79 bits per heavy atom. The highest BCUT2D eigenvalue weighted by Gasteiger charge is 2.41. The monoisotopic (exact) mass is 918 g/mol. The van der Waals surface area contributed by atoms with Crippen molar-refractivity contribution in [2.24, 2.45) is 5.92 Å². The first-order valence-electron chi connectivity index (χ1n) is 22.4. The number of amides is 1. The second kappa shape index (κ2) is 23.1. The van der Waals surface area contributed by atoms with Crippen molar-refractivity contribution >= 4 is 52.3 Å². The van der Waals surface area contributed by atoms with Crippen LogP contribution in [0.15, 0.2) is 158 Å². The number of rotatable bonds is 20. The Hall–Kier alpha value is -4.17. The van der Waals surface area contributed by atoms with Gasteiger partial charge in [-0.1, -0.05) is 181 Å². The van der Waals surface area contributed by atoms with Crippen LogP contribution in [0, 0.1) is 5.92 Å². The van der Waals surface area contributed by atoms with E-state index in [1.165, 1.54) is 18.4 Å². The number of piperidine rings is 1. The average molecular weight is 921 g/mol. The molecule has 1 heterocycles. The maximum Gasteiger partial charge on any atom is 0.252 e. The molecule has 6 aromatic carbocycles. The van der Waals surface area contributed by atoms with Gasteiger partial charge in [-0.05, 0) is 129 Å². The lowest BCUT2D eigenvalue weighted by molar-refractivity contribution is 0.0953. The number of nitrogens with zero attached hydrogens (tertiary/aromatic N) is 1. The van der Waals surface area contributed by atoms with Gasteiger partial charge in [0.2, 0.25) is 0 Å². The van der Waals surface area contributed by atoms with E-state index in [1.807, 2.05) is 6.07 Å². The van der Waals surface area contributed by atoms with Crippen LogP contribution in [0.5, 0.6) is 0 Å². The summed E-state index contributed by atoms with van der Waals surface area (Å²) in [6.45, 7) is 5.68. The van der Waals surface area contributed by atoms with Crippen LogP contribution in [0.1, 0.15) is 89.5 Å². The van der Waals surface area contributed by atoms with Crippen LogP contribution in [0.3, 0.4) is 0 Å². The molecule has 0 aromatic heterocycles. The highest BCUT2D eigenvalue weighted by atomic mass is 35.5. The van der Waals surface area contributed by atoms with Crippen molar-refractivity contribution in [3.8, 4) is 0 Å². The Kier molecular flexibility index (Phi) is 17.2. The third-order valence-corrected chi connectivity index (χ3v) is 14.0. The predicted molar refractivity (Wildman–Crippen MR) is 265 cm³/mol. The van der Waals surface area contributed by atoms with E-state index in [2.05, 4.69) is 161 Å². The molecule has 6 aromatic rings. The third-order valence-electron chi connectivity index (χ3n) is 12.7. The topological polar surface area (TPSA) is 56.4 Å². The molecular formula is C54H58Cl4N4O. The number of nitrogens with one attached hydrogen (secondary N) is 3. The Bertz CT molecular complexity index is 2230. The van der Waals surface area contributed by atoms with Crippen molar-refractivity contribution in [2.75, 3.05) is 26.2 Å². The van der Waals surface area contributed by atoms with Gasteiger partial charge >= 0.3 is 0 Å². The molecule has 1 amide bonds. The van der Waals surface area contributed by atoms with Crippen LogP contribution in [0.4, 0.5) is 0 Å². The van der Waals surface area contributed by atoms with Gasteiger partial charge in [0.25, 0.3) is 5.91 Å². The minimum absolute atomic E-state index is 0.0194. The van der Waals surface area contributed by atoms with E-state index in [0.29, 0.717) is 50.7 Å². The summed E-state index contributed by atoms with van der Waals surface area (Å²) in [7, 11) is 0. The summed E-state index contributed by atoms with van der Waals surface area (Å²) in [4.78, 5) is 15.8. The lowest BCUT2D eigenvalue weighted by atomic mass is 9.75. The molecule has 9 heteroatoms. The smallest absolute Gasteiger partial charge is 0.252 e. The van der Waals surface area contributed by atoms with E-state index in [0.717, 1.165) is 67.4 Å². The van der Waals surface area contributed by atoms with Crippen molar-refractivity contribution < 1.29 is 4.79 Å². The van der Waals surface area contributed by atoms with Gasteiger partial charge in [-0.2, -0.15) is 0 Å². The minimum atomic E-state index is -0.737. The molecule has 1 fully saturated rings. The van der Waals surface area contributed by atoms with E-state index in [4.69, 9.17) is 46.4 Å².